The third-order valence-corrected chi connectivity index (χ3v) is 5.36. The van der Waals surface area contributed by atoms with Crippen LogP contribution in [0.4, 0.5) is 0 Å². The number of nitrogens with zero attached hydrogens (tertiary/aromatic N) is 1. The van der Waals surface area contributed by atoms with E-state index in [9.17, 15) is 19.5 Å². The summed E-state index contributed by atoms with van der Waals surface area (Å²) in [6, 6.07) is 0.775. The van der Waals surface area contributed by atoms with Crippen molar-refractivity contribution in [3.8, 4) is 0 Å². The first-order valence-corrected chi connectivity index (χ1v) is 9.43. The van der Waals surface area contributed by atoms with Crippen LogP contribution in [0, 0.1) is 19.8 Å². The van der Waals surface area contributed by atoms with Gasteiger partial charge in [0.15, 0.2) is 0 Å². The summed E-state index contributed by atoms with van der Waals surface area (Å²) in [5.74, 6) is -2.13. The average molecular weight is 378 g/mol. The van der Waals surface area contributed by atoms with Crippen LogP contribution in [0.25, 0.3) is 0 Å². The quantitative estimate of drug-likeness (QED) is 0.533. The standard InChI is InChI=1S/C19H30N4O4/c1-11-10-12(2)23(3)16(11)18(25)22-15(8-5-9-20)17(24)21-14-7-4-6-13(14)19(26)27/h10,13-15H,4-9,20H2,1-3H3,(H,21,24)(H,22,25)(H,26,27)/t13-,14+,15+/m1/s1. The Labute approximate surface area is 159 Å². The van der Waals surface area contributed by atoms with Crippen LogP contribution >= 0.6 is 0 Å². The molecular formula is C19H30N4O4. The summed E-state index contributed by atoms with van der Waals surface area (Å²) in [6.45, 7) is 4.17. The number of nitrogens with one attached hydrogen (secondary N) is 2. The number of hydrogen-bond acceptors (Lipinski definition) is 4. The van der Waals surface area contributed by atoms with Crippen molar-refractivity contribution >= 4 is 17.8 Å². The second kappa shape index (κ2) is 9.03. The maximum Gasteiger partial charge on any atom is 0.308 e. The Morgan fingerprint density at radius 2 is 2.04 bits per heavy atom. The minimum absolute atomic E-state index is 0.318. The highest BCUT2D eigenvalue weighted by Gasteiger charge is 2.35. The highest BCUT2D eigenvalue weighted by atomic mass is 16.4. The summed E-state index contributed by atoms with van der Waals surface area (Å²) in [7, 11) is 1.81. The molecule has 0 unspecified atom stereocenters. The lowest BCUT2D eigenvalue weighted by atomic mass is 10.0. The molecule has 0 spiro atoms. The maximum absolute atomic E-state index is 12.8. The molecule has 0 aliphatic heterocycles. The molecule has 1 aliphatic rings. The monoisotopic (exact) mass is 378 g/mol. The van der Waals surface area contributed by atoms with Gasteiger partial charge in [0, 0.05) is 18.8 Å². The summed E-state index contributed by atoms with van der Waals surface area (Å²) >= 11 is 0. The van der Waals surface area contributed by atoms with Gasteiger partial charge in [-0.2, -0.15) is 0 Å². The number of carbonyl (C=O) groups is 3. The third kappa shape index (κ3) is 4.88. The molecule has 1 fully saturated rings. The molecule has 5 N–H and O–H groups in total. The summed E-state index contributed by atoms with van der Waals surface area (Å²) in [5, 5.41) is 14.9. The van der Waals surface area contributed by atoms with Gasteiger partial charge in [-0.3, -0.25) is 14.4 Å². The van der Waals surface area contributed by atoms with E-state index in [0.717, 1.165) is 17.7 Å². The molecule has 1 aliphatic carbocycles. The fraction of sp³-hybridized carbons (Fsp3) is 0.632. The van der Waals surface area contributed by atoms with Crippen LogP contribution < -0.4 is 16.4 Å². The molecule has 0 aromatic carbocycles. The Hall–Kier alpha value is -2.35. The van der Waals surface area contributed by atoms with E-state index in [4.69, 9.17) is 5.73 Å². The van der Waals surface area contributed by atoms with Crippen molar-refractivity contribution in [3.05, 3.63) is 23.0 Å². The number of carboxylic acids is 1. The summed E-state index contributed by atoms with van der Waals surface area (Å²) in [6.07, 6.45) is 2.94. The Morgan fingerprint density at radius 3 is 2.59 bits per heavy atom. The molecule has 0 radical (unpaired) electrons. The van der Waals surface area contributed by atoms with Crippen LogP contribution in [-0.2, 0) is 16.6 Å². The van der Waals surface area contributed by atoms with Gasteiger partial charge >= 0.3 is 5.97 Å². The molecule has 0 bridgehead atoms. The lowest BCUT2D eigenvalue weighted by Gasteiger charge is -2.23. The first-order chi connectivity index (χ1) is 12.8. The smallest absolute Gasteiger partial charge is 0.308 e. The van der Waals surface area contributed by atoms with Crippen LogP contribution in [0.5, 0.6) is 0 Å². The molecule has 1 aromatic rings. The first-order valence-electron chi connectivity index (χ1n) is 9.43. The Balaban J connectivity index is 2.10. The second-order valence-electron chi connectivity index (χ2n) is 7.32. The van der Waals surface area contributed by atoms with E-state index in [2.05, 4.69) is 10.6 Å². The molecule has 2 amide bonds. The molecule has 1 heterocycles. The molecule has 1 saturated carbocycles. The predicted molar refractivity (Wildman–Crippen MR) is 101 cm³/mol. The molecule has 150 valence electrons. The van der Waals surface area contributed by atoms with Crippen LogP contribution in [0.1, 0.15) is 53.8 Å². The summed E-state index contributed by atoms with van der Waals surface area (Å²) in [5.41, 5.74) is 7.88. The van der Waals surface area contributed by atoms with Gasteiger partial charge in [0.05, 0.1) is 5.92 Å². The first kappa shape index (κ1) is 21.0. The predicted octanol–water partition coefficient (Wildman–Crippen LogP) is 0.849. The normalized spacial score (nSPS) is 20.3. The van der Waals surface area contributed by atoms with Crippen molar-refractivity contribution < 1.29 is 19.5 Å². The van der Waals surface area contributed by atoms with Gasteiger partial charge in [-0.1, -0.05) is 6.42 Å². The zero-order valence-corrected chi connectivity index (χ0v) is 16.2. The van der Waals surface area contributed by atoms with E-state index in [1.165, 1.54) is 0 Å². The molecule has 3 atom stereocenters. The average Bonchev–Trinajstić information content (AvgIpc) is 3.15. The summed E-state index contributed by atoms with van der Waals surface area (Å²) in [4.78, 5) is 36.8. The van der Waals surface area contributed by atoms with Gasteiger partial charge in [0.2, 0.25) is 5.91 Å². The lowest BCUT2D eigenvalue weighted by molar-refractivity contribution is -0.142. The Kier molecular flexibility index (Phi) is 7.01. The van der Waals surface area contributed by atoms with E-state index in [0.29, 0.717) is 37.9 Å². The highest BCUT2D eigenvalue weighted by molar-refractivity contribution is 5.97. The third-order valence-electron chi connectivity index (χ3n) is 5.36. The van der Waals surface area contributed by atoms with E-state index in [-0.39, 0.29) is 11.8 Å². The number of aliphatic carboxylic acids is 1. The van der Waals surface area contributed by atoms with Gasteiger partial charge in [0.25, 0.3) is 5.91 Å². The summed E-state index contributed by atoms with van der Waals surface area (Å²) < 4.78 is 1.79. The van der Waals surface area contributed by atoms with Crippen molar-refractivity contribution in [1.29, 1.82) is 0 Å². The zero-order chi connectivity index (χ0) is 20.1. The van der Waals surface area contributed by atoms with Crippen molar-refractivity contribution in [2.75, 3.05) is 6.54 Å². The lowest BCUT2D eigenvalue weighted by Crippen LogP contribution is -2.51. The van der Waals surface area contributed by atoms with Crippen LogP contribution in [0.15, 0.2) is 6.07 Å². The molecular weight excluding hydrogens is 348 g/mol. The molecule has 1 aromatic heterocycles. The van der Waals surface area contributed by atoms with Crippen LogP contribution in [0.3, 0.4) is 0 Å². The van der Waals surface area contributed by atoms with E-state index >= 15 is 0 Å². The van der Waals surface area contributed by atoms with Crippen molar-refractivity contribution in [1.82, 2.24) is 15.2 Å². The molecule has 8 nitrogen and oxygen atoms in total. The van der Waals surface area contributed by atoms with Gasteiger partial charge in [-0.15, -0.1) is 0 Å². The minimum atomic E-state index is -0.893. The van der Waals surface area contributed by atoms with Crippen molar-refractivity contribution in [3.63, 3.8) is 0 Å². The van der Waals surface area contributed by atoms with Gasteiger partial charge < -0.3 is 26.0 Å². The highest BCUT2D eigenvalue weighted by Crippen LogP contribution is 2.26. The number of amides is 2. The zero-order valence-electron chi connectivity index (χ0n) is 16.2. The number of aryl methyl sites for hydroxylation is 2. The fourth-order valence-corrected chi connectivity index (χ4v) is 3.78. The van der Waals surface area contributed by atoms with Crippen molar-refractivity contribution in [2.45, 2.75) is 58.0 Å². The number of nitrogens with two attached hydrogens (primary N) is 1. The molecule has 0 saturated heterocycles. The van der Waals surface area contributed by atoms with Crippen LogP contribution in [0.2, 0.25) is 0 Å². The molecule has 27 heavy (non-hydrogen) atoms. The maximum atomic E-state index is 12.8. The topological polar surface area (TPSA) is 126 Å². The number of aromatic nitrogens is 1. The molecule has 8 heteroatoms. The SMILES string of the molecule is Cc1cc(C)n(C)c1C(=O)N[C@@H](CCCN)C(=O)N[C@H]1CCC[C@H]1C(=O)O. The van der Waals surface area contributed by atoms with E-state index < -0.39 is 24.0 Å². The largest absolute Gasteiger partial charge is 0.481 e. The fourth-order valence-electron chi connectivity index (χ4n) is 3.78. The molecule has 2 rings (SSSR count). The second-order valence-corrected chi connectivity index (χ2v) is 7.32. The van der Waals surface area contributed by atoms with E-state index in [1.807, 2.05) is 27.0 Å². The van der Waals surface area contributed by atoms with Gasteiger partial charge in [0.1, 0.15) is 11.7 Å². The Bertz CT molecular complexity index is 713. The van der Waals surface area contributed by atoms with Crippen LogP contribution in [-0.4, -0.2) is 46.1 Å². The minimum Gasteiger partial charge on any atom is -0.481 e. The van der Waals surface area contributed by atoms with Crippen molar-refractivity contribution in [2.24, 2.45) is 18.7 Å². The van der Waals surface area contributed by atoms with Gasteiger partial charge in [-0.05, 0) is 57.7 Å². The van der Waals surface area contributed by atoms with E-state index in [1.54, 1.807) is 4.57 Å². The number of carbonyl (C=O) groups excluding carboxylic acids is 2. The van der Waals surface area contributed by atoms with Gasteiger partial charge in [-0.25, -0.2) is 0 Å². The number of rotatable bonds is 8. The number of hydrogen-bond donors (Lipinski definition) is 4. The number of carboxylic acid groups (broad SMARTS) is 1. The Morgan fingerprint density at radius 1 is 1.33 bits per heavy atom.